The zero-order valence-corrected chi connectivity index (χ0v) is 12.8. The van der Waals surface area contributed by atoms with E-state index in [4.69, 9.17) is 14.2 Å². The Hall–Kier alpha value is -1.26. The van der Waals surface area contributed by atoms with Gasteiger partial charge in [0, 0.05) is 13.1 Å². The number of hydrogen-bond acceptors (Lipinski definition) is 4. The zero-order valence-electron chi connectivity index (χ0n) is 12.8. The largest absolute Gasteiger partial charge is 0.493 e. The van der Waals surface area contributed by atoms with E-state index < -0.39 is 0 Å². The molecule has 4 heteroatoms. The maximum atomic E-state index is 6.04. The lowest BCUT2D eigenvalue weighted by molar-refractivity contribution is 0.0275. The monoisotopic (exact) mass is 291 g/mol. The molecule has 1 heterocycles. The molecule has 1 aliphatic heterocycles. The summed E-state index contributed by atoms with van der Waals surface area (Å²) in [7, 11) is 1.69. The van der Waals surface area contributed by atoms with Gasteiger partial charge in [-0.25, -0.2) is 0 Å². The Labute approximate surface area is 126 Å². The van der Waals surface area contributed by atoms with E-state index in [1.807, 2.05) is 6.07 Å². The van der Waals surface area contributed by atoms with Crippen LogP contribution in [0.3, 0.4) is 0 Å². The fraction of sp³-hybridized carbons (Fsp3) is 0.647. The van der Waals surface area contributed by atoms with Crippen LogP contribution in [-0.4, -0.2) is 33.4 Å². The minimum absolute atomic E-state index is 0.110. The van der Waals surface area contributed by atoms with Crippen LogP contribution in [0.2, 0.25) is 0 Å². The van der Waals surface area contributed by atoms with Crippen molar-refractivity contribution in [3.8, 4) is 11.5 Å². The van der Waals surface area contributed by atoms with Crippen molar-refractivity contribution in [2.24, 2.45) is 5.92 Å². The van der Waals surface area contributed by atoms with Gasteiger partial charge >= 0.3 is 0 Å². The van der Waals surface area contributed by atoms with Crippen molar-refractivity contribution in [1.29, 1.82) is 0 Å². The molecule has 1 aromatic carbocycles. The molecule has 0 radical (unpaired) electrons. The SMILES string of the molecule is COc1ccc(C2CNCCO2)cc1OCC1CCCC1. The first kappa shape index (κ1) is 14.7. The molecular formula is C17H25NO3. The molecule has 0 bridgehead atoms. The highest BCUT2D eigenvalue weighted by Gasteiger charge is 2.19. The normalized spacial score (nSPS) is 23.2. The number of hydrogen-bond donors (Lipinski definition) is 1. The van der Waals surface area contributed by atoms with Crippen molar-refractivity contribution in [3.63, 3.8) is 0 Å². The van der Waals surface area contributed by atoms with Crippen molar-refractivity contribution in [2.75, 3.05) is 33.4 Å². The van der Waals surface area contributed by atoms with Crippen molar-refractivity contribution in [1.82, 2.24) is 5.32 Å². The van der Waals surface area contributed by atoms with E-state index in [1.54, 1.807) is 7.11 Å². The summed E-state index contributed by atoms with van der Waals surface area (Å²) in [5.74, 6) is 2.35. The van der Waals surface area contributed by atoms with Crippen LogP contribution in [0.25, 0.3) is 0 Å². The third kappa shape index (κ3) is 3.69. The first-order valence-electron chi connectivity index (χ1n) is 8.00. The van der Waals surface area contributed by atoms with Crippen LogP contribution in [0.4, 0.5) is 0 Å². The molecule has 1 saturated heterocycles. The molecule has 0 amide bonds. The van der Waals surface area contributed by atoms with Crippen molar-refractivity contribution < 1.29 is 14.2 Å². The van der Waals surface area contributed by atoms with Gasteiger partial charge in [-0.1, -0.05) is 18.9 Å². The molecule has 1 unspecified atom stereocenters. The first-order valence-corrected chi connectivity index (χ1v) is 8.00. The number of morpholine rings is 1. The topological polar surface area (TPSA) is 39.7 Å². The highest BCUT2D eigenvalue weighted by Crippen LogP contribution is 2.33. The Morgan fingerprint density at radius 1 is 1.24 bits per heavy atom. The highest BCUT2D eigenvalue weighted by molar-refractivity contribution is 5.43. The summed E-state index contributed by atoms with van der Waals surface area (Å²) in [5, 5.41) is 3.36. The van der Waals surface area contributed by atoms with Gasteiger partial charge in [-0.05, 0) is 36.5 Å². The Kier molecular flexibility index (Phi) is 4.99. The van der Waals surface area contributed by atoms with Crippen molar-refractivity contribution in [3.05, 3.63) is 23.8 Å². The summed E-state index contributed by atoms with van der Waals surface area (Å²) >= 11 is 0. The first-order chi connectivity index (χ1) is 10.4. The summed E-state index contributed by atoms with van der Waals surface area (Å²) in [5.41, 5.74) is 1.16. The van der Waals surface area contributed by atoms with E-state index >= 15 is 0 Å². The van der Waals surface area contributed by atoms with Crippen LogP contribution < -0.4 is 14.8 Å². The third-order valence-corrected chi connectivity index (χ3v) is 4.44. The van der Waals surface area contributed by atoms with Gasteiger partial charge in [0.15, 0.2) is 11.5 Å². The van der Waals surface area contributed by atoms with Gasteiger partial charge in [0.05, 0.1) is 26.4 Å². The molecule has 116 valence electrons. The Morgan fingerprint density at radius 3 is 2.81 bits per heavy atom. The average molecular weight is 291 g/mol. The van der Waals surface area contributed by atoms with Gasteiger partial charge in [-0.2, -0.15) is 0 Å². The summed E-state index contributed by atoms with van der Waals surface area (Å²) in [6.45, 7) is 3.34. The molecule has 1 atom stereocenters. The number of rotatable bonds is 5. The Morgan fingerprint density at radius 2 is 2.10 bits per heavy atom. The molecule has 2 fully saturated rings. The molecule has 0 spiro atoms. The highest BCUT2D eigenvalue weighted by atomic mass is 16.5. The molecule has 1 aliphatic carbocycles. The van der Waals surface area contributed by atoms with E-state index in [9.17, 15) is 0 Å². The Balaban J connectivity index is 1.69. The summed E-state index contributed by atoms with van der Waals surface area (Å²) in [6, 6.07) is 6.13. The average Bonchev–Trinajstić information content (AvgIpc) is 3.07. The van der Waals surface area contributed by atoms with E-state index in [0.29, 0.717) is 5.92 Å². The molecule has 4 nitrogen and oxygen atoms in total. The lowest BCUT2D eigenvalue weighted by Crippen LogP contribution is -2.33. The summed E-state index contributed by atoms with van der Waals surface area (Å²) in [4.78, 5) is 0. The number of methoxy groups -OCH3 is 1. The standard InChI is InChI=1S/C17H25NO3/c1-19-15-7-6-14(17-11-18-8-9-20-17)10-16(15)21-12-13-4-2-3-5-13/h6-7,10,13,17-18H,2-5,8-9,11-12H2,1H3. The minimum atomic E-state index is 0.110. The molecule has 0 aromatic heterocycles. The molecule has 3 rings (SSSR count). The fourth-order valence-electron chi connectivity index (χ4n) is 3.17. The third-order valence-electron chi connectivity index (χ3n) is 4.44. The number of nitrogens with one attached hydrogen (secondary N) is 1. The van der Waals surface area contributed by atoms with Gasteiger partial charge in [-0.3, -0.25) is 0 Å². The van der Waals surface area contributed by atoms with E-state index in [-0.39, 0.29) is 6.10 Å². The lowest BCUT2D eigenvalue weighted by Gasteiger charge is -2.25. The van der Waals surface area contributed by atoms with Crippen LogP contribution in [0, 0.1) is 5.92 Å². The van der Waals surface area contributed by atoms with Crippen molar-refractivity contribution >= 4 is 0 Å². The van der Waals surface area contributed by atoms with E-state index in [2.05, 4.69) is 17.4 Å². The minimum Gasteiger partial charge on any atom is -0.493 e. The second kappa shape index (κ2) is 7.14. The van der Waals surface area contributed by atoms with Gasteiger partial charge in [-0.15, -0.1) is 0 Å². The summed E-state index contributed by atoms with van der Waals surface area (Å²) in [6.07, 6.45) is 5.37. The van der Waals surface area contributed by atoms with E-state index in [0.717, 1.165) is 43.4 Å². The second-order valence-corrected chi connectivity index (χ2v) is 5.94. The van der Waals surface area contributed by atoms with Gasteiger partial charge in [0.25, 0.3) is 0 Å². The van der Waals surface area contributed by atoms with Gasteiger partial charge in [0.2, 0.25) is 0 Å². The fourth-order valence-corrected chi connectivity index (χ4v) is 3.17. The predicted molar refractivity (Wildman–Crippen MR) is 82.0 cm³/mol. The summed E-state index contributed by atoms with van der Waals surface area (Å²) < 4.78 is 17.3. The van der Waals surface area contributed by atoms with Gasteiger partial charge in [0.1, 0.15) is 0 Å². The second-order valence-electron chi connectivity index (χ2n) is 5.94. The van der Waals surface area contributed by atoms with Crippen LogP contribution in [0.5, 0.6) is 11.5 Å². The van der Waals surface area contributed by atoms with Crippen LogP contribution in [0.1, 0.15) is 37.4 Å². The molecule has 1 N–H and O–H groups in total. The zero-order chi connectivity index (χ0) is 14.5. The number of ether oxygens (including phenoxy) is 3. The molecule has 1 aromatic rings. The predicted octanol–water partition coefficient (Wildman–Crippen LogP) is 2.93. The maximum absolute atomic E-state index is 6.04. The van der Waals surface area contributed by atoms with Crippen LogP contribution >= 0.6 is 0 Å². The quantitative estimate of drug-likeness (QED) is 0.905. The van der Waals surface area contributed by atoms with Gasteiger partial charge < -0.3 is 19.5 Å². The molecule has 2 aliphatic rings. The van der Waals surface area contributed by atoms with Crippen molar-refractivity contribution in [2.45, 2.75) is 31.8 Å². The lowest BCUT2D eigenvalue weighted by atomic mass is 10.1. The smallest absolute Gasteiger partial charge is 0.161 e. The van der Waals surface area contributed by atoms with E-state index in [1.165, 1.54) is 25.7 Å². The van der Waals surface area contributed by atoms with Crippen LogP contribution in [0.15, 0.2) is 18.2 Å². The molecule has 21 heavy (non-hydrogen) atoms. The molecule has 1 saturated carbocycles. The maximum Gasteiger partial charge on any atom is 0.161 e. The Bertz CT molecular complexity index is 451. The van der Waals surface area contributed by atoms with Crippen LogP contribution in [-0.2, 0) is 4.74 Å². The number of benzene rings is 1. The molecular weight excluding hydrogens is 266 g/mol.